The molecule has 0 amide bonds. The third kappa shape index (κ3) is 1.05. The summed E-state index contributed by atoms with van der Waals surface area (Å²) in [7, 11) is 1.62. The lowest BCUT2D eigenvalue weighted by Gasteiger charge is -1.98. The maximum absolute atomic E-state index is 10.6. The fourth-order valence-corrected chi connectivity index (χ4v) is 1.02. The average Bonchev–Trinajstić information content (AvgIpc) is 2.30. The molecule has 0 bridgehead atoms. The Morgan fingerprint density at radius 3 is 2.58 bits per heavy atom. The zero-order valence-electron chi connectivity index (χ0n) is 6.83. The van der Waals surface area contributed by atoms with Gasteiger partial charge in [0.15, 0.2) is 0 Å². The molecular weight excluding hydrogens is 156 g/mol. The summed E-state index contributed by atoms with van der Waals surface area (Å²) >= 11 is 0. The van der Waals surface area contributed by atoms with Gasteiger partial charge in [-0.25, -0.2) is 4.79 Å². The van der Waals surface area contributed by atoms with Crippen LogP contribution in [0.25, 0.3) is 0 Å². The van der Waals surface area contributed by atoms with E-state index in [0.717, 1.165) is 0 Å². The van der Waals surface area contributed by atoms with Crippen LogP contribution in [-0.4, -0.2) is 15.6 Å². The average molecular weight is 164 g/mol. The number of carboxylic acid groups (broad SMARTS) is 1. The Morgan fingerprint density at radius 2 is 2.33 bits per heavy atom. The van der Waals surface area contributed by atoms with Crippen LogP contribution in [-0.2, 0) is 7.05 Å². The van der Waals surface area contributed by atoms with Crippen molar-refractivity contribution in [1.82, 2.24) is 4.57 Å². The van der Waals surface area contributed by atoms with Gasteiger partial charge in [-0.1, -0.05) is 0 Å². The Morgan fingerprint density at radius 1 is 1.75 bits per heavy atom. The summed E-state index contributed by atoms with van der Waals surface area (Å²) in [6.07, 6.45) is 0. The van der Waals surface area contributed by atoms with Gasteiger partial charge in [0.1, 0.15) is 11.8 Å². The first-order chi connectivity index (χ1) is 5.57. The van der Waals surface area contributed by atoms with Crippen LogP contribution >= 0.6 is 0 Å². The number of hydrogen-bond acceptors (Lipinski definition) is 2. The number of hydrogen-bond donors (Lipinski definition) is 1. The van der Waals surface area contributed by atoms with E-state index in [1.165, 1.54) is 10.6 Å². The van der Waals surface area contributed by atoms with Gasteiger partial charge in [-0.3, -0.25) is 0 Å². The standard InChI is InChI=1S/C8H8N2O2/c1-5-6(4-9)3-7(8(11)12)10(5)2/h3H,1-2H3,(H,11,12). The van der Waals surface area contributed by atoms with Crippen molar-refractivity contribution in [2.75, 3.05) is 0 Å². The van der Waals surface area contributed by atoms with Gasteiger partial charge in [0, 0.05) is 12.7 Å². The number of nitriles is 1. The number of carboxylic acids is 1. The second-order valence-electron chi connectivity index (χ2n) is 2.50. The quantitative estimate of drug-likeness (QED) is 0.670. The first-order valence-corrected chi connectivity index (χ1v) is 3.37. The lowest BCUT2D eigenvalue weighted by atomic mass is 10.3. The zero-order chi connectivity index (χ0) is 9.30. The molecule has 0 aliphatic carbocycles. The molecule has 0 fully saturated rings. The van der Waals surface area contributed by atoms with E-state index in [4.69, 9.17) is 10.4 Å². The lowest BCUT2D eigenvalue weighted by molar-refractivity contribution is 0.0686. The molecule has 0 spiro atoms. The van der Waals surface area contributed by atoms with Crippen LogP contribution in [0.2, 0.25) is 0 Å². The molecule has 0 unspecified atom stereocenters. The van der Waals surface area contributed by atoms with Gasteiger partial charge in [0.25, 0.3) is 0 Å². The van der Waals surface area contributed by atoms with Crippen molar-refractivity contribution in [2.24, 2.45) is 7.05 Å². The summed E-state index contributed by atoms with van der Waals surface area (Å²) in [4.78, 5) is 10.6. The summed E-state index contributed by atoms with van der Waals surface area (Å²) in [5.41, 5.74) is 1.23. The number of carbonyl (C=O) groups is 1. The fraction of sp³-hybridized carbons (Fsp3) is 0.250. The molecule has 0 aliphatic rings. The summed E-state index contributed by atoms with van der Waals surface area (Å²) in [6.45, 7) is 1.71. The highest BCUT2D eigenvalue weighted by Crippen LogP contribution is 2.12. The molecule has 12 heavy (non-hydrogen) atoms. The van der Waals surface area contributed by atoms with E-state index in [9.17, 15) is 4.79 Å². The van der Waals surface area contributed by atoms with Crippen LogP contribution in [0.3, 0.4) is 0 Å². The van der Waals surface area contributed by atoms with Crippen LogP contribution in [0.1, 0.15) is 21.7 Å². The minimum absolute atomic E-state index is 0.143. The molecule has 0 aliphatic heterocycles. The topological polar surface area (TPSA) is 66.0 Å². The minimum atomic E-state index is -1.01. The summed E-state index contributed by atoms with van der Waals surface area (Å²) in [5, 5.41) is 17.3. The van der Waals surface area contributed by atoms with Crippen molar-refractivity contribution in [2.45, 2.75) is 6.92 Å². The predicted octanol–water partition coefficient (Wildman–Crippen LogP) is 0.903. The molecule has 0 saturated heterocycles. The van der Waals surface area contributed by atoms with Crippen molar-refractivity contribution in [3.05, 3.63) is 23.0 Å². The molecule has 0 atom stereocenters. The smallest absolute Gasteiger partial charge is 0.352 e. The van der Waals surface area contributed by atoms with E-state index in [1.807, 2.05) is 6.07 Å². The molecule has 4 heteroatoms. The van der Waals surface area contributed by atoms with E-state index in [1.54, 1.807) is 14.0 Å². The monoisotopic (exact) mass is 164 g/mol. The Hall–Kier alpha value is -1.76. The Labute approximate surface area is 69.7 Å². The van der Waals surface area contributed by atoms with Crippen molar-refractivity contribution >= 4 is 5.97 Å². The van der Waals surface area contributed by atoms with E-state index in [0.29, 0.717) is 11.3 Å². The predicted molar refractivity (Wildman–Crippen MR) is 41.8 cm³/mol. The molecule has 1 rings (SSSR count). The summed E-state index contributed by atoms with van der Waals surface area (Å²) in [5.74, 6) is -1.01. The highest BCUT2D eigenvalue weighted by atomic mass is 16.4. The third-order valence-electron chi connectivity index (χ3n) is 1.87. The van der Waals surface area contributed by atoms with Crippen LogP contribution < -0.4 is 0 Å². The number of rotatable bonds is 1. The maximum atomic E-state index is 10.6. The van der Waals surface area contributed by atoms with E-state index in [2.05, 4.69) is 0 Å². The van der Waals surface area contributed by atoms with E-state index < -0.39 is 5.97 Å². The van der Waals surface area contributed by atoms with Crippen LogP contribution in [0.4, 0.5) is 0 Å². The zero-order valence-corrected chi connectivity index (χ0v) is 6.83. The second-order valence-corrected chi connectivity index (χ2v) is 2.50. The third-order valence-corrected chi connectivity index (χ3v) is 1.87. The van der Waals surface area contributed by atoms with E-state index in [-0.39, 0.29) is 5.69 Å². The fourth-order valence-electron chi connectivity index (χ4n) is 1.02. The lowest BCUT2D eigenvalue weighted by Crippen LogP contribution is -2.04. The first-order valence-electron chi connectivity index (χ1n) is 3.37. The molecule has 1 heterocycles. The Kier molecular flexibility index (Phi) is 1.88. The van der Waals surface area contributed by atoms with Crippen molar-refractivity contribution in [3.63, 3.8) is 0 Å². The molecule has 62 valence electrons. The second kappa shape index (κ2) is 2.70. The number of aromatic nitrogens is 1. The summed E-state index contributed by atoms with van der Waals surface area (Å²) < 4.78 is 1.49. The maximum Gasteiger partial charge on any atom is 0.352 e. The minimum Gasteiger partial charge on any atom is -0.477 e. The van der Waals surface area contributed by atoms with Crippen molar-refractivity contribution < 1.29 is 9.90 Å². The van der Waals surface area contributed by atoms with Crippen molar-refractivity contribution in [1.29, 1.82) is 5.26 Å². The number of nitrogens with zero attached hydrogens (tertiary/aromatic N) is 2. The van der Waals surface area contributed by atoms with Gasteiger partial charge in [-0.05, 0) is 13.0 Å². The Balaban J connectivity index is 3.37. The molecule has 1 N–H and O–H groups in total. The van der Waals surface area contributed by atoms with Gasteiger partial charge in [0.05, 0.1) is 5.56 Å². The largest absolute Gasteiger partial charge is 0.477 e. The van der Waals surface area contributed by atoms with Crippen molar-refractivity contribution in [3.8, 4) is 6.07 Å². The SMILES string of the molecule is Cc1c(C#N)cc(C(=O)O)n1C. The molecule has 0 saturated carbocycles. The molecule has 1 aromatic heterocycles. The van der Waals surface area contributed by atoms with Gasteiger partial charge in [-0.2, -0.15) is 5.26 Å². The first kappa shape index (κ1) is 8.34. The summed E-state index contributed by atoms with van der Waals surface area (Å²) in [6, 6.07) is 3.30. The molecule has 4 nitrogen and oxygen atoms in total. The number of aromatic carboxylic acids is 1. The highest BCUT2D eigenvalue weighted by molar-refractivity contribution is 5.86. The Bertz CT molecular complexity index is 371. The molecule has 1 aromatic rings. The molecule has 0 aromatic carbocycles. The van der Waals surface area contributed by atoms with Gasteiger partial charge in [0.2, 0.25) is 0 Å². The van der Waals surface area contributed by atoms with E-state index >= 15 is 0 Å². The van der Waals surface area contributed by atoms with Crippen LogP contribution in [0, 0.1) is 18.3 Å². The van der Waals surface area contributed by atoms with Gasteiger partial charge in [-0.15, -0.1) is 0 Å². The molecule has 0 radical (unpaired) electrons. The normalized spacial score (nSPS) is 9.42. The van der Waals surface area contributed by atoms with Gasteiger partial charge >= 0.3 is 5.97 Å². The van der Waals surface area contributed by atoms with Gasteiger partial charge < -0.3 is 9.67 Å². The van der Waals surface area contributed by atoms with Crippen LogP contribution in [0.5, 0.6) is 0 Å². The van der Waals surface area contributed by atoms with Crippen LogP contribution in [0.15, 0.2) is 6.07 Å². The molecular formula is C8H8N2O2. The highest BCUT2D eigenvalue weighted by Gasteiger charge is 2.13.